The van der Waals surface area contributed by atoms with Gasteiger partial charge in [0.1, 0.15) is 11.6 Å². The number of hydrogen-bond acceptors (Lipinski definition) is 4. The summed E-state index contributed by atoms with van der Waals surface area (Å²) in [6.07, 6.45) is 1.52. The molecule has 0 spiro atoms. The number of nitrogens with two attached hydrogens (primary N) is 2. The molecule has 0 aromatic carbocycles. The van der Waals surface area contributed by atoms with Crippen LogP contribution in [0.2, 0.25) is 0 Å². The van der Waals surface area contributed by atoms with Crippen molar-refractivity contribution in [1.82, 2.24) is 9.97 Å². The number of carbonyl (C=O) groups excluding carboxylic acids is 1. The number of amides is 1. The van der Waals surface area contributed by atoms with E-state index in [0.29, 0.717) is 11.6 Å². The van der Waals surface area contributed by atoms with E-state index in [-0.39, 0.29) is 6.42 Å². The quantitative estimate of drug-likeness (QED) is 0.573. The molecular weight excluding hydrogens is 144 g/mol. The van der Waals surface area contributed by atoms with Crippen molar-refractivity contribution < 1.29 is 4.79 Å². The van der Waals surface area contributed by atoms with Crippen molar-refractivity contribution >= 4 is 11.7 Å². The molecule has 0 aliphatic carbocycles. The summed E-state index contributed by atoms with van der Waals surface area (Å²) in [5, 5.41) is 0. The first-order valence-electron chi connectivity index (χ1n) is 3.04. The van der Waals surface area contributed by atoms with Gasteiger partial charge in [-0.2, -0.15) is 0 Å². The Hall–Kier alpha value is -1.65. The molecule has 5 nitrogen and oxygen atoms in total. The Morgan fingerprint density at radius 2 is 2.36 bits per heavy atom. The van der Waals surface area contributed by atoms with Gasteiger partial charge in [-0.25, -0.2) is 9.97 Å². The molecule has 4 N–H and O–H groups in total. The lowest BCUT2D eigenvalue weighted by Crippen LogP contribution is -2.15. The summed E-state index contributed by atoms with van der Waals surface area (Å²) in [6, 6.07) is 1.55. The van der Waals surface area contributed by atoms with Crippen molar-refractivity contribution in [3.8, 4) is 0 Å². The molecule has 1 aromatic rings. The number of anilines is 1. The molecule has 58 valence electrons. The van der Waals surface area contributed by atoms with Gasteiger partial charge < -0.3 is 11.5 Å². The fourth-order valence-electron chi connectivity index (χ4n) is 0.656. The molecule has 0 fully saturated rings. The van der Waals surface area contributed by atoms with Gasteiger partial charge in [-0.15, -0.1) is 0 Å². The van der Waals surface area contributed by atoms with E-state index < -0.39 is 5.91 Å². The van der Waals surface area contributed by atoms with Crippen LogP contribution in [0.25, 0.3) is 0 Å². The Morgan fingerprint density at radius 1 is 1.64 bits per heavy atom. The zero-order valence-electron chi connectivity index (χ0n) is 5.82. The largest absolute Gasteiger partial charge is 0.384 e. The van der Waals surface area contributed by atoms with Crippen LogP contribution in [0, 0.1) is 0 Å². The second-order valence-corrected chi connectivity index (χ2v) is 2.04. The average molecular weight is 152 g/mol. The molecule has 1 aromatic heterocycles. The Balaban J connectivity index is 2.79. The predicted molar refractivity (Wildman–Crippen MR) is 39.3 cm³/mol. The van der Waals surface area contributed by atoms with Crippen LogP contribution in [0.15, 0.2) is 12.3 Å². The van der Waals surface area contributed by atoms with E-state index in [1.165, 1.54) is 6.20 Å². The van der Waals surface area contributed by atoms with Gasteiger partial charge in [0.2, 0.25) is 5.91 Å². The molecule has 0 bridgehead atoms. The standard InChI is InChI=1S/C6H8N4O/c7-4-1-2-9-6(10-4)3-5(8)11/h1-2H,3H2,(H2,8,11)(H2,7,9,10). The molecular formula is C6H8N4O. The third-order valence-electron chi connectivity index (χ3n) is 1.06. The van der Waals surface area contributed by atoms with Gasteiger partial charge >= 0.3 is 0 Å². The molecule has 0 saturated carbocycles. The zero-order valence-corrected chi connectivity index (χ0v) is 5.82. The Morgan fingerprint density at radius 3 is 2.91 bits per heavy atom. The summed E-state index contributed by atoms with van der Waals surface area (Å²) in [5.74, 6) is 0.240. The highest BCUT2D eigenvalue weighted by Crippen LogP contribution is 1.95. The second-order valence-electron chi connectivity index (χ2n) is 2.04. The van der Waals surface area contributed by atoms with E-state index in [2.05, 4.69) is 9.97 Å². The highest BCUT2D eigenvalue weighted by atomic mass is 16.1. The van der Waals surface area contributed by atoms with Crippen LogP contribution in [-0.2, 0) is 11.2 Å². The maximum Gasteiger partial charge on any atom is 0.225 e. The lowest BCUT2D eigenvalue weighted by Gasteiger charge is -1.95. The van der Waals surface area contributed by atoms with E-state index in [9.17, 15) is 4.79 Å². The number of carbonyl (C=O) groups is 1. The van der Waals surface area contributed by atoms with Crippen LogP contribution in [-0.4, -0.2) is 15.9 Å². The van der Waals surface area contributed by atoms with Crippen LogP contribution < -0.4 is 11.5 Å². The average Bonchev–Trinajstić information content (AvgIpc) is 1.85. The molecule has 0 aliphatic rings. The van der Waals surface area contributed by atoms with Crippen LogP contribution in [0.4, 0.5) is 5.82 Å². The Bertz CT molecular complexity index is 273. The highest BCUT2D eigenvalue weighted by Gasteiger charge is 2.00. The molecule has 1 amide bonds. The minimum absolute atomic E-state index is 0.0328. The Kier molecular flexibility index (Phi) is 2.00. The van der Waals surface area contributed by atoms with E-state index in [4.69, 9.17) is 11.5 Å². The molecule has 0 atom stereocenters. The van der Waals surface area contributed by atoms with Gasteiger partial charge in [0.05, 0.1) is 6.42 Å². The topological polar surface area (TPSA) is 94.9 Å². The zero-order chi connectivity index (χ0) is 8.27. The van der Waals surface area contributed by atoms with Crippen LogP contribution >= 0.6 is 0 Å². The summed E-state index contributed by atoms with van der Waals surface area (Å²) in [5.41, 5.74) is 10.2. The van der Waals surface area contributed by atoms with Gasteiger partial charge in [0.15, 0.2) is 0 Å². The van der Waals surface area contributed by atoms with E-state index in [1.807, 2.05) is 0 Å². The van der Waals surface area contributed by atoms with Crippen molar-refractivity contribution in [3.05, 3.63) is 18.1 Å². The summed E-state index contributed by atoms with van der Waals surface area (Å²) in [7, 11) is 0. The minimum atomic E-state index is -0.462. The molecule has 1 rings (SSSR count). The number of primary amides is 1. The fourth-order valence-corrected chi connectivity index (χ4v) is 0.656. The van der Waals surface area contributed by atoms with Gasteiger partial charge in [-0.3, -0.25) is 4.79 Å². The van der Waals surface area contributed by atoms with Gasteiger partial charge in [0.25, 0.3) is 0 Å². The lowest BCUT2D eigenvalue weighted by atomic mass is 10.4. The molecule has 0 radical (unpaired) electrons. The van der Waals surface area contributed by atoms with Crippen LogP contribution in [0.3, 0.4) is 0 Å². The number of rotatable bonds is 2. The molecule has 11 heavy (non-hydrogen) atoms. The second kappa shape index (κ2) is 2.96. The third-order valence-corrected chi connectivity index (χ3v) is 1.06. The summed E-state index contributed by atoms with van der Waals surface area (Å²) in [6.45, 7) is 0. The van der Waals surface area contributed by atoms with Crippen molar-refractivity contribution in [2.45, 2.75) is 6.42 Å². The third kappa shape index (κ3) is 2.21. The number of nitrogens with zero attached hydrogens (tertiary/aromatic N) is 2. The van der Waals surface area contributed by atoms with E-state index in [1.54, 1.807) is 6.07 Å². The molecule has 0 saturated heterocycles. The monoisotopic (exact) mass is 152 g/mol. The van der Waals surface area contributed by atoms with Gasteiger partial charge in [0, 0.05) is 6.20 Å². The first-order chi connectivity index (χ1) is 5.18. The van der Waals surface area contributed by atoms with E-state index in [0.717, 1.165) is 0 Å². The first-order valence-corrected chi connectivity index (χ1v) is 3.04. The SMILES string of the molecule is NC(=O)Cc1nccc(N)n1. The summed E-state index contributed by atoms with van der Waals surface area (Å²) in [4.78, 5) is 17.9. The van der Waals surface area contributed by atoms with Crippen LogP contribution in [0.5, 0.6) is 0 Å². The summed E-state index contributed by atoms with van der Waals surface area (Å²) >= 11 is 0. The van der Waals surface area contributed by atoms with Crippen LogP contribution in [0.1, 0.15) is 5.82 Å². The minimum Gasteiger partial charge on any atom is -0.384 e. The Labute approximate surface area is 63.4 Å². The number of nitrogen functional groups attached to an aromatic ring is 1. The van der Waals surface area contributed by atoms with Gasteiger partial charge in [-0.1, -0.05) is 0 Å². The maximum absolute atomic E-state index is 10.4. The van der Waals surface area contributed by atoms with Gasteiger partial charge in [-0.05, 0) is 6.07 Å². The first kappa shape index (κ1) is 7.46. The summed E-state index contributed by atoms with van der Waals surface area (Å²) < 4.78 is 0. The predicted octanol–water partition coefficient (Wildman–Crippen LogP) is -0.913. The molecule has 5 heteroatoms. The smallest absolute Gasteiger partial charge is 0.225 e. The van der Waals surface area contributed by atoms with Crippen molar-refractivity contribution in [2.75, 3.05) is 5.73 Å². The highest BCUT2D eigenvalue weighted by molar-refractivity contribution is 5.75. The fraction of sp³-hybridized carbons (Fsp3) is 0.167. The van der Waals surface area contributed by atoms with E-state index >= 15 is 0 Å². The number of hydrogen-bond donors (Lipinski definition) is 2. The van der Waals surface area contributed by atoms with Crippen molar-refractivity contribution in [2.24, 2.45) is 5.73 Å². The van der Waals surface area contributed by atoms with Crippen molar-refractivity contribution in [1.29, 1.82) is 0 Å². The molecule has 0 aliphatic heterocycles. The molecule has 1 heterocycles. The normalized spacial score (nSPS) is 9.45. The maximum atomic E-state index is 10.4. The molecule has 0 unspecified atom stereocenters. The van der Waals surface area contributed by atoms with Crippen molar-refractivity contribution in [3.63, 3.8) is 0 Å². The number of aromatic nitrogens is 2. The lowest BCUT2D eigenvalue weighted by molar-refractivity contribution is -0.117.